The van der Waals surface area contributed by atoms with Crippen LogP contribution in [0.1, 0.15) is 5.56 Å². The Hall–Kier alpha value is -2.95. The van der Waals surface area contributed by atoms with E-state index in [9.17, 15) is 26.4 Å². The van der Waals surface area contributed by atoms with Crippen LogP contribution >= 0.6 is 23.2 Å². The molecule has 0 aliphatic rings. The molecule has 0 aromatic heterocycles. The van der Waals surface area contributed by atoms with Gasteiger partial charge in [-0.25, -0.2) is 8.42 Å². The third-order valence-electron chi connectivity index (χ3n) is 4.60. The second-order valence-corrected chi connectivity index (χ2v) is 9.56. The van der Waals surface area contributed by atoms with Gasteiger partial charge in [0.05, 0.1) is 33.3 Å². The third-order valence-corrected chi connectivity index (χ3v) is 7.01. The van der Waals surface area contributed by atoms with Crippen LogP contribution in [-0.4, -0.2) is 28.0 Å². The zero-order chi connectivity index (χ0) is 25.1. The van der Waals surface area contributed by atoms with Crippen molar-refractivity contribution in [2.24, 2.45) is 0 Å². The van der Waals surface area contributed by atoms with Gasteiger partial charge in [-0.05, 0) is 48.5 Å². The van der Waals surface area contributed by atoms with E-state index in [-0.39, 0.29) is 21.3 Å². The Morgan fingerprint density at radius 1 is 1.00 bits per heavy atom. The first-order valence-corrected chi connectivity index (χ1v) is 11.7. The van der Waals surface area contributed by atoms with Crippen molar-refractivity contribution in [1.82, 2.24) is 0 Å². The van der Waals surface area contributed by atoms with Gasteiger partial charge in [0.1, 0.15) is 12.3 Å². The molecule has 0 aliphatic heterocycles. The number of hydrogen-bond donors (Lipinski definition) is 1. The Morgan fingerprint density at radius 2 is 1.68 bits per heavy atom. The average Bonchev–Trinajstić information content (AvgIpc) is 2.78. The number of halogens is 5. The highest BCUT2D eigenvalue weighted by Crippen LogP contribution is 2.38. The Kier molecular flexibility index (Phi) is 7.64. The SMILES string of the molecule is COc1ccc(NC(=O)CN(c2ccc(Cl)c(C(F)(F)F)c2)S(=O)(=O)c2ccccc2)cc1Cl. The van der Waals surface area contributed by atoms with Gasteiger partial charge in [0, 0.05) is 5.69 Å². The number of nitrogens with one attached hydrogen (secondary N) is 1. The largest absolute Gasteiger partial charge is 0.495 e. The van der Waals surface area contributed by atoms with Crippen LogP contribution in [0.4, 0.5) is 24.5 Å². The number of nitrogens with zero attached hydrogens (tertiary/aromatic N) is 1. The maximum Gasteiger partial charge on any atom is 0.417 e. The van der Waals surface area contributed by atoms with Gasteiger partial charge in [-0.2, -0.15) is 13.2 Å². The number of carbonyl (C=O) groups excluding carboxylic acids is 1. The zero-order valence-electron chi connectivity index (χ0n) is 17.4. The molecule has 0 bridgehead atoms. The number of anilines is 2. The minimum absolute atomic E-state index is 0.196. The predicted molar refractivity (Wildman–Crippen MR) is 124 cm³/mol. The zero-order valence-corrected chi connectivity index (χ0v) is 19.8. The number of amides is 1. The van der Waals surface area contributed by atoms with Gasteiger partial charge < -0.3 is 10.1 Å². The van der Waals surface area contributed by atoms with E-state index in [1.54, 1.807) is 6.07 Å². The molecule has 6 nitrogen and oxygen atoms in total. The van der Waals surface area contributed by atoms with Crippen molar-refractivity contribution < 1.29 is 31.1 Å². The Bertz CT molecular complexity index is 1300. The lowest BCUT2D eigenvalue weighted by Crippen LogP contribution is -2.38. The molecule has 1 N–H and O–H groups in total. The van der Waals surface area contributed by atoms with Crippen molar-refractivity contribution in [2.45, 2.75) is 11.1 Å². The van der Waals surface area contributed by atoms with Crippen molar-refractivity contribution in [1.29, 1.82) is 0 Å². The van der Waals surface area contributed by atoms with Crippen LogP contribution in [0.25, 0.3) is 0 Å². The van der Waals surface area contributed by atoms with Gasteiger partial charge in [-0.1, -0.05) is 41.4 Å². The fourth-order valence-corrected chi connectivity index (χ4v) is 4.91. The van der Waals surface area contributed by atoms with E-state index in [0.29, 0.717) is 16.1 Å². The average molecular weight is 533 g/mol. The minimum Gasteiger partial charge on any atom is -0.495 e. The molecule has 0 fully saturated rings. The third kappa shape index (κ3) is 5.75. The summed E-state index contributed by atoms with van der Waals surface area (Å²) in [5.74, 6) is -0.460. The molecule has 0 heterocycles. The van der Waals surface area contributed by atoms with Crippen molar-refractivity contribution in [3.63, 3.8) is 0 Å². The highest BCUT2D eigenvalue weighted by molar-refractivity contribution is 7.92. The fourth-order valence-electron chi connectivity index (χ4n) is 3.00. The first-order valence-electron chi connectivity index (χ1n) is 9.51. The highest BCUT2D eigenvalue weighted by Gasteiger charge is 2.35. The van der Waals surface area contributed by atoms with E-state index >= 15 is 0 Å². The van der Waals surface area contributed by atoms with E-state index in [0.717, 1.165) is 12.1 Å². The summed E-state index contributed by atoms with van der Waals surface area (Å²) in [5, 5.41) is 2.07. The van der Waals surface area contributed by atoms with Gasteiger partial charge in [-0.3, -0.25) is 9.10 Å². The van der Waals surface area contributed by atoms with Gasteiger partial charge in [0.2, 0.25) is 5.91 Å². The van der Waals surface area contributed by atoms with Gasteiger partial charge in [-0.15, -0.1) is 0 Å². The van der Waals surface area contributed by atoms with Crippen molar-refractivity contribution >= 4 is 50.5 Å². The maximum atomic E-state index is 13.4. The molecule has 0 unspecified atom stereocenters. The molecule has 0 spiro atoms. The fraction of sp³-hybridized carbons (Fsp3) is 0.136. The molecule has 0 radical (unpaired) electrons. The molecule has 3 aromatic rings. The standard InChI is InChI=1S/C22H17Cl2F3N2O4S/c1-33-20-10-7-14(11-19(20)24)28-21(30)13-29(34(31,32)16-5-3-2-4-6-16)15-8-9-18(23)17(12-15)22(25,26)27/h2-12H,13H2,1H3,(H,28,30). The molecule has 3 aromatic carbocycles. The molecule has 0 saturated carbocycles. The normalized spacial score (nSPS) is 11.7. The van der Waals surface area contributed by atoms with Crippen molar-refractivity contribution in [3.8, 4) is 5.75 Å². The quantitative estimate of drug-likeness (QED) is 0.413. The number of methoxy groups -OCH3 is 1. The van der Waals surface area contributed by atoms with Crippen LogP contribution in [0.3, 0.4) is 0 Å². The van der Waals surface area contributed by atoms with E-state index in [1.165, 1.54) is 49.6 Å². The lowest BCUT2D eigenvalue weighted by atomic mass is 10.2. The van der Waals surface area contributed by atoms with Crippen LogP contribution in [0.2, 0.25) is 10.0 Å². The second kappa shape index (κ2) is 10.1. The monoisotopic (exact) mass is 532 g/mol. The topological polar surface area (TPSA) is 75.7 Å². The summed E-state index contributed by atoms with van der Waals surface area (Å²) in [7, 11) is -3.01. The summed E-state index contributed by atoms with van der Waals surface area (Å²) in [5.41, 5.74) is -1.38. The van der Waals surface area contributed by atoms with E-state index in [2.05, 4.69) is 5.32 Å². The Balaban J connectivity index is 2.01. The Labute approximate surface area is 203 Å². The molecule has 0 atom stereocenters. The highest BCUT2D eigenvalue weighted by atomic mass is 35.5. The van der Waals surface area contributed by atoms with Gasteiger partial charge >= 0.3 is 6.18 Å². The molecular formula is C22H17Cl2F3N2O4S. The van der Waals surface area contributed by atoms with Crippen LogP contribution in [0, 0.1) is 0 Å². The lowest BCUT2D eigenvalue weighted by molar-refractivity contribution is -0.137. The predicted octanol–water partition coefficient (Wildman–Crippen LogP) is 5.85. The molecule has 0 aliphatic carbocycles. The van der Waals surface area contributed by atoms with Crippen LogP contribution < -0.4 is 14.4 Å². The lowest BCUT2D eigenvalue weighted by Gasteiger charge is -2.25. The summed E-state index contributed by atoms with van der Waals surface area (Å²) in [6, 6.07) is 14.0. The second-order valence-electron chi connectivity index (χ2n) is 6.88. The van der Waals surface area contributed by atoms with Crippen LogP contribution in [0.5, 0.6) is 5.75 Å². The summed E-state index contributed by atoms with van der Waals surface area (Å²) in [6.45, 7) is -0.820. The molecule has 1 amide bonds. The summed E-state index contributed by atoms with van der Waals surface area (Å²) < 4.78 is 72.4. The minimum atomic E-state index is -4.84. The molecule has 180 valence electrons. The van der Waals surface area contributed by atoms with Crippen LogP contribution in [0.15, 0.2) is 71.6 Å². The number of ether oxygens (including phenoxy) is 1. The van der Waals surface area contributed by atoms with Crippen LogP contribution in [-0.2, 0) is 21.0 Å². The molecular weight excluding hydrogens is 516 g/mol. The number of sulfonamides is 1. The maximum absolute atomic E-state index is 13.4. The number of alkyl halides is 3. The van der Waals surface area contributed by atoms with E-state index < -0.39 is 39.2 Å². The summed E-state index contributed by atoms with van der Waals surface area (Å²) >= 11 is 11.7. The summed E-state index contributed by atoms with van der Waals surface area (Å²) in [6.07, 6.45) is -4.84. The number of carbonyl (C=O) groups is 1. The van der Waals surface area contributed by atoms with E-state index in [1.807, 2.05) is 0 Å². The van der Waals surface area contributed by atoms with Gasteiger partial charge in [0.25, 0.3) is 10.0 Å². The first kappa shape index (κ1) is 25.7. The summed E-state index contributed by atoms with van der Waals surface area (Å²) in [4.78, 5) is 12.5. The number of hydrogen-bond acceptors (Lipinski definition) is 4. The molecule has 0 saturated heterocycles. The molecule has 3 rings (SSSR count). The van der Waals surface area contributed by atoms with Gasteiger partial charge in [0.15, 0.2) is 0 Å². The number of benzene rings is 3. The van der Waals surface area contributed by atoms with Crippen molar-refractivity contribution in [3.05, 3.63) is 82.3 Å². The Morgan fingerprint density at radius 3 is 2.26 bits per heavy atom. The molecule has 12 heteroatoms. The first-order chi connectivity index (χ1) is 15.9. The van der Waals surface area contributed by atoms with E-state index in [4.69, 9.17) is 27.9 Å². The number of rotatable bonds is 7. The smallest absolute Gasteiger partial charge is 0.417 e. The van der Waals surface area contributed by atoms with Crippen molar-refractivity contribution in [2.75, 3.05) is 23.3 Å². The molecule has 34 heavy (non-hydrogen) atoms.